The van der Waals surface area contributed by atoms with Gasteiger partial charge in [0.2, 0.25) is 0 Å². The van der Waals surface area contributed by atoms with E-state index in [1.54, 1.807) is 30.5 Å². The third-order valence-electron chi connectivity index (χ3n) is 2.18. The van der Waals surface area contributed by atoms with Crippen molar-refractivity contribution in [3.8, 4) is 0 Å². The summed E-state index contributed by atoms with van der Waals surface area (Å²) in [5.41, 5.74) is 6.10. The number of benzene rings is 1. The average molecular weight is 263 g/mol. The fourth-order valence-corrected chi connectivity index (χ4v) is 2.23. The summed E-state index contributed by atoms with van der Waals surface area (Å²) >= 11 is 1.32. The van der Waals surface area contributed by atoms with Gasteiger partial charge < -0.3 is 10.9 Å². The minimum atomic E-state index is -0.294. The first kappa shape index (κ1) is 12.4. The van der Waals surface area contributed by atoms with E-state index in [0.29, 0.717) is 10.6 Å². The van der Waals surface area contributed by atoms with Crippen LogP contribution in [-0.2, 0) is 0 Å². The second kappa shape index (κ2) is 5.50. The molecule has 0 amide bonds. The Bertz CT molecular complexity index is 572. The number of nitrogens with zero attached hydrogens (tertiary/aromatic N) is 2. The highest BCUT2D eigenvalue weighted by molar-refractivity contribution is 7.99. The summed E-state index contributed by atoms with van der Waals surface area (Å²) in [5, 5.41) is 12.2. The van der Waals surface area contributed by atoms with Gasteiger partial charge in [0, 0.05) is 11.1 Å². The first-order valence-electron chi connectivity index (χ1n) is 5.07. The van der Waals surface area contributed by atoms with Crippen molar-refractivity contribution in [2.45, 2.75) is 9.92 Å². The zero-order chi connectivity index (χ0) is 13.0. The highest BCUT2D eigenvalue weighted by atomic mass is 32.2. The number of oxime groups is 1. The molecule has 2 aromatic rings. The number of aromatic nitrogens is 1. The van der Waals surface area contributed by atoms with Gasteiger partial charge in [0.25, 0.3) is 0 Å². The lowest BCUT2D eigenvalue weighted by atomic mass is 10.3. The van der Waals surface area contributed by atoms with E-state index in [-0.39, 0.29) is 11.7 Å². The van der Waals surface area contributed by atoms with Crippen molar-refractivity contribution in [1.82, 2.24) is 4.98 Å². The number of nitrogens with two attached hydrogens (primary N) is 1. The van der Waals surface area contributed by atoms with Crippen LogP contribution in [0.15, 0.2) is 57.7 Å². The van der Waals surface area contributed by atoms with Gasteiger partial charge in [-0.15, -0.1) is 0 Å². The Morgan fingerprint density at radius 3 is 2.67 bits per heavy atom. The number of halogens is 1. The molecule has 0 aliphatic carbocycles. The van der Waals surface area contributed by atoms with Gasteiger partial charge in [-0.25, -0.2) is 9.37 Å². The Kier molecular flexibility index (Phi) is 3.78. The lowest BCUT2D eigenvalue weighted by Gasteiger charge is -2.06. The average Bonchev–Trinajstić information content (AvgIpc) is 2.41. The molecule has 3 N–H and O–H groups in total. The van der Waals surface area contributed by atoms with Gasteiger partial charge in [-0.05, 0) is 36.4 Å². The van der Waals surface area contributed by atoms with E-state index >= 15 is 0 Å². The zero-order valence-corrected chi connectivity index (χ0v) is 10.1. The van der Waals surface area contributed by atoms with Crippen LogP contribution in [0, 0.1) is 5.82 Å². The van der Waals surface area contributed by atoms with Gasteiger partial charge in [0.1, 0.15) is 10.8 Å². The molecule has 0 radical (unpaired) electrons. The summed E-state index contributed by atoms with van der Waals surface area (Å²) < 4.78 is 12.8. The van der Waals surface area contributed by atoms with Crippen LogP contribution >= 0.6 is 11.8 Å². The number of amidine groups is 1. The predicted molar refractivity (Wildman–Crippen MR) is 67.3 cm³/mol. The normalized spacial score (nSPS) is 11.5. The van der Waals surface area contributed by atoms with E-state index in [0.717, 1.165) is 4.90 Å². The molecule has 0 spiro atoms. The molecule has 0 saturated carbocycles. The van der Waals surface area contributed by atoms with Crippen LogP contribution in [-0.4, -0.2) is 16.0 Å². The second-order valence-electron chi connectivity index (χ2n) is 3.40. The van der Waals surface area contributed by atoms with Crippen LogP contribution in [0.4, 0.5) is 4.39 Å². The third kappa shape index (κ3) is 2.78. The summed E-state index contributed by atoms with van der Waals surface area (Å²) in [5.74, 6) is -0.301. The van der Waals surface area contributed by atoms with Crippen molar-refractivity contribution < 1.29 is 9.60 Å². The third-order valence-corrected chi connectivity index (χ3v) is 3.21. The quantitative estimate of drug-likeness (QED) is 0.386. The Morgan fingerprint density at radius 1 is 1.28 bits per heavy atom. The van der Waals surface area contributed by atoms with Gasteiger partial charge in [-0.3, -0.25) is 0 Å². The molecule has 1 aromatic carbocycles. The Hall–Kier alpha value is -2.08. The summed E-state index contributed by atoms with van der Waals surface area (Å²) in [6.45, 7) is 0. The van der Waals surface area contributed by atoms with Crippen molar-refractivity contribution >= 4 is 17.6 Å². The Balaban J connectivity index is 2.32. The minimum Gasteiger partial charge on any atom is -0.409 e. The van der Waals surface area contributed by atoms with Crippen molar-refractivity contribution in [2.24, 2.45) is 10.9 Å². The fourth-order valence-electron chi connectivity index (χ4n) is 1.34. The molecule has 1 aromatic heterocycles. The molecular weight excluding hydrogens is 253 g/mol. The summed E-state index contributed by atoms with van der Waals surface area (Å²) in [4.78, 5) is 4.98. The van der Waals surface area contributed by atoms with Crippen LogP contribution in [0.25, 0.3) is 0 Å². The Labute approximate surface area is 107 Å². The maximum atomic E-state index is 12.8. The number of hydrogen-bond donors (Lipinski definition) is 2. The molecule has 0 saturated heterocycles. The molecular formula is C12H10FN3OS. The topological polar surface area (TPSA) is 71.5 Å². The van der Waals surface area contributed by atoms with Crippen LogP contribution in [0.1, 0.15) is 5.56 Å². The molecule has 0 aliphatic heterocycles. The summed E-state index contributed by atoms with van der Waals surface area (Å²) in [6.07, 6.45) is 1.61. The molecule has 0 fully saturated rings. The van der Waals surface area contributed by atoms with E-state index in [9.17, 15) is 4.39 Å². The monoisotopic (exact) mass is 263 g/mol. The van der Waals surface area contributed by atoms with Crippen LogP contribution < -0.4 is 5.73 Å². The van der Waals surface area contributed by atoms with Gasteiger partial charge >= 0.3 is 0 Å². The van der Waals surface area contributed by atoms with E-state index in [4.69, 9.17) is 10.9 Å². The van der Waals surface area contributed by atoms with E-state index in [2.05, 4.69) is 10.1 Å². The molecule has 92 valence electrons. The first-order valence-corrected chi connectivity index (χ1v) is 5.88. The van der Waals surface area contributed by atoms with Crippen LogP contribution in [0.5, 0.6) is 0 Å². The molecule has 0 unspecified atom stereocenters. The minimum absolute atomic E-state index is 0.00675. The highest BCUT2D eigenvalue weighted by Crippen LogP contribution is 2.28. The van der Waals surface area contributed by atoms with Gasteiger partial charge in [0.05, 0.1) is 5.56 Å². The number of rotatable bonds is 3. The standard InChI is InChI=1S/C12H10FN3OS/c13-8-3-5-9(6-4-8)18-12-10(11(14)16-17)2-1-7-15-12/h1-7,17H,(H2,14,16). The number of pyridine rings is 1. The molecule has 0 bridgehead atoms. The largest absolute Gasteiger partial charge is 0.409 e. The molecule has 4 nitrogen and oxygen atoms in total. The van der Waals surface area contributed by atoms with Crippen molar-refractivity contribution in [3.63, 3.8) is 0 Å². The highest BCUT2D eigenvalue weighted by Gasteiger charge is 2.09. The maximum absolute atomic E-state index is 12.8. The van der Waals surface area contributed by atoms with Crippen molar-refractivity contribution in [1.29, 1.82) is 0 Å². The second-order valence-corrected chi connectivity index (χ2v) is 4.46. The van der Waals surface area contributed by atoms with Gasteiger partial charge in [0.15, 0.2) is 5.84 Å². The molecule has 2 rings (SSSR count). The van der Waals surface area contributed by atoms with Gasteiger partial charge in [-0.1, -0.05) is 16.9 Å². The maximum Gasteiger partial charge on any atom is 0.172 e. The predicted octanol–water partition coefficient (Wildman–Crippen LogP) is 2.47. The lowest BCUT2D eigenvalue weighted by Crippen LogP contribution is -2.14. The van der Waals surface area contributed by atoms with Gasteiger partial charge in [-0.2, -0.15) is 0 Å². The first-order chi connectivity index (χ1) is 8.70. The lowest BCUT2D eigenvalue weighted by molar-refractivity contribution is 0.318. The van der Waals surface area contributed by atoms with Crippen LogP contribution in [0.3, 0.4) is 0 Å². The molecule has 0 atom stereocenters. The molecule has 18 heavy (non-hydrogen) atoms. The van der Waals surface area contributed by atoms with Crippen molar-refractivity contribution in [2.75, 3.05) is 0 Å². The van der Waals surface area contributed by atoms with E-state index < -0.39 is 0 Å². The zero-order valence-electron chi connectivity index (χ0n) is 9.25. The molecule has 0 aliphatic rings. The van der Waals surface area contributed by atoms with Crippen molar-refractivity contribution in [3.05, 3.63) is 54.0 Å². The molecule has 1 heterocycles. The summed E-state index contributed by atoms with van der Waals surface area (Å²) in [6, 6.07) is 9.42. The smallest absolute Gasteiger partial charge is 0.172 e. The SMILES string of the molecule is N/C(=N\O)c1cccnc1Sc1ccc(F)cc1. The fraction of sp³-hybridized carbons (Fsp3) is 0. The summed E-state index contributed by atoms with van der Waals surface area (Å²) in [7, 11) is 0. The Morgan fingerprint density at radius 2 is 2.00 bits per heavy atom. The van der Waals surface area contributed by atoms with E-state index in [1.165, 1.54) is 23.9 Å². The molecule has 6 heteroatoms. The van der Waals surface area contributed by atoms with Crippen LogP contribution in [0.2, 0.25) is 0 Å². The number of hydrogen-bond acceptors (Lipinski definition) is 4. The van der Waals surface area contributed by atoms with E-state index in [1.807, 2.05) is 0 Å².